The van der Waals surface area contributed by atoms with Crippen molar-refractivity contribution < 1.29 is 13.2 Å². The quantitative estimate of drug-likeness (QED) is 0.537. The lowest BCUT2D eigenvalue weighted by Gasteiger charge is -2.12. The van der Waals surface area contributed by atoms with Crippen LogP contribution in [0.25, 0.3) is 0 Å². The van der Waals surface area contributed by atoms with Crippen LogP contribution < -0.4 is 10.0 Å². The smallest absolute Gasteiger partial charge is 0.211 e. The predicted molar refractivity (Wildman–Crippen MR) is 70.6 cm³/mol. The summed E-state index contributed by atoms with van der Waals surface area (Å²) in [5.41, 5.74) is 0. The molecule has 0 saturated heterocycles. The van der Waals surface area contributed by atoms with Gasteiger partial charge in [0, 0.05) is 26.7 Å². The summed E-state index contributed by atoms with van der Waals surface area (Å²) in [4.78, 5) is 0. The van der Waals surface area contributed by atoms with Crippen LogP contribution in [-0.2, 0) is 14.8 Å². The Hall–Kier alpha value is -0.170. The van der Waals surface area contributed by atoms with Crippen molar-refractivity contribution in [2.75, 3.05) is 39.1 Å². The zero-order valence-electron chi connectivity index (χ0n) is 11.2. The number of ether oxygens (including phenoxy) is 1. The molecule has 0 aromatic heterocycles. The van der Waals surface area contributed by atoms with Crippen molar-refractivity contribution >= 4 is 10.0 Å². The highest BCUT2D eigenvalue weighted by molar-refractivity contribution is 7.89. The average molecular weight is 266 g/mol. The number of hydrogen-bond acceptors (Lipinski definition) is 4. The molecule has 1 unspecified atom stereocenters. The van der Waals surface area contributed by atoms with Gasteiger partial charge in [-0.2, -0.15) is 0 Å². The van der Waals surface area contributed by atoms with Crippen LogP contribution in [0, 0.1) is 5.92 Å². The molecule has 0 radical (unpaired) electrons. The van der Waals surface area contributed by atoms with Crippen molar-refractivity contribution in [3.8, 4) is 0 Å². The van der Waals surface area contributed by atoms with Gasteiger partial charge in [-0.15, -0.1) is 0 Å². The van der Waals surface area contributed by atoms with Gasteiger partial charge in [0.2, 0.25) is 10.0 Å². The van der Waals surface area contributed by atoms with E-state index in [1.54, 1.807) is 7.11 Å². The standard InChI is InChI=1S/C11H26N2O3S/c1-4-5-11(2)10-17(14,15)13-7-6-12-8-9-16-3/h11-13H,4-10H2,1-3H3. The first kappa shape index (κ1) is 16.8. The Morgan fingerprint density at radius 3 is 2.53 bits per heavy atom. The van der Waals surface area contributed by atoms with Crippen molar-refractivity contribution in [2.45, 2.75) is 26.7 Å². The number of hydrogen-bond donors (Lipinski definition) is 2. The Balaban J connectivity index is 3.64. The van der Waals surface area contributed by atoms with Crippen molar-refractivity contribution in [2.24, 2.45) is 5.92 Å². The Labute approximate surface area is 105 Å². The van der Waals surface area contributed by atoms with E-state index in [1.165, 1.54) is 0 Å². The molecule has 6 heteroatoms. The molecule has 0 fully saturated rings. The molecular weight excluding hydrogens is 240 g/mol. The Morgan fingerprint density at radius 1 is 1.24 bits per heavy atom. The fourth-order valence-corrected chi connectivity index (χ4v) is 3.05. The van der Waals surface area contributed by atoms with Gasteiger partial charge in [0.25, 0.3) is 0 Å². The zero-order valence-corrected chi connectivity index (χ0v) is 12.0. The molecule has 0 bridgehead atoms. The minimum atomic E-state index is -3.12. The topological polar surface area (TPSA) is 67.4 Å². The Morgan fingerprint density at radius 2 is 1.94 bits per heavy atom. The van der Waals surface area contributed by atoms with Gasteiger partial charge in [0.15, 0.2) is 0 Å². The second kappa shape index (κ2) is 9.82. The van der Waals surface area contributed by atoms with Gasteiger partial charge in [0.1, 0.15) is 0 Å². The van der Waals surface area contributed by atoms with Crippen molar-refractivity contribution in [3.05, 3.63) is 0 Å². The minimum Gasteiger partial charge on any atom is -0.383 e. The molecule has 0 amide bonds. The monoisotopic (exact) mass is 266 g/mol. The average Bonchev–Trinajstić information content (AvgIpc) is 2.22. The van der Waals surface area contributed by atoms with Gasteiger partial charge in [-0.05, 0) is 12.3 Å². The van der Waals surface area contributed by atoms with Gasteiger partial charge in [-0.25, -0.2) is 13.1 Å². The molecular formula is C11H26N2O3S. The summed E-state index contributed by atoms with van der Waals surface area (Å²) >= 11 is 0. The summed E-state index contributed by atoms with van der Waals surface area (Å²) in [6, 6.07) is 0. The van der Waals surface area contributed by atoms with E-state index in [1.807, 2.05) is 6.92 Å². The van der Waals surface area contributed by atoms with E-state index in [0.717, 1.165) is 19.4 Å². The third kappa shape index (κ3) is 10.7. The van der Waals surface area contributed by atoms with Gasteiger partial charge >= 0.3 is 0 Å². The normalized spacial score (nSPS) is 13.8. The highest BCUT2D eigenvalue weighted by atomic mass is 32.2. The zero-order chi connectivity index (χ0) is 13.1. The predicted octanol–water partition coefficient (Wildman–Crippen LogP) is 0.578. The lowest BCUT2D eigenvalue weighted by molar-refractivity contribution is 0.199. The molecule has 17 heavy (non-hydrogen) atoms. The first-order chi connectivity index (χ1) is 8.02. The highest BCUT2D eigenvalue weighted by Crippen LogP contribution is 2.07. The van der Waals surface area contributed by atoms with Crippen molar-refractivity contribution in [1.29, 1.82) is 0 Å². The first-order valence-electron chi connectivity index (χ1n) is 6.18. The molecule has 0 aliphatic rings. The summed E-state index contributed by atoms with van der Waals surface area (Å²) < 4.78 is 30.7. The van der Waals surface area contributed by atoms with E-state index < -0.39 is 10.0 Å². The molecule has 0 aromatic rings. The van der Waals surface area contributed by atoms with Gasteiger partial charge in [-0.1, -0.05) is 20.3 Å². The lowest BCUT2D eigenvalue weighted by atomic mass is 10.1. The van der Waals surface area contributed by atoms with Crippen molar-refractivity contribution in [1.82, 2.24) is 10.0 Å². The highest BCUT2D eigenvalue weighted by Gasteiger charge is 2.13. The minimum absolute atomic E-state index is 0.221. The number of methoxy groups -OCH3 is 1. The van der Waals surface area contributed by atoms with Crippen LogP contribution in [-0.4, -0.2) is 47.5 Å². The molecule has 0 rings (SSSR count). The van der Waals surface area contributed by atoms with E-state index in [4.69, 9.17) is 4.74 Å². The van der Waals surface area contributed by atoms with Gasteiger partial charge in [-0.3, -0.25) is 0 Å². The lowest BCUT2D eigenvalue weighted by Crippen LogP contribution is -2.35. The number of sulfonamides is 1. The maximum atomic E-state index is 11.6. The van der Waals surface area contributed by atoms with Crippen LogP contribution in [0.3, 0.4) is 0 Å². The fourth-order valence-electron chi connectivity index (χ4n) is 1.60. The summed E-state index contributed by atoms with van der Waals surface area (Å²) in [6.07, 6.45) is 1.97. The first-order valence-corrected chi connectivity index (χ1v) is 7.84. The maximum Gasteiger partial charge on any atom is 0.211 e. The van der Waals surface area contributed by atoms with Crippen LogP contribution in [0.5, 0.6) is 0 Å². The molecule has 1 atom stereocenters. The van der Waals surface area contributed by atoms with Crippen LogP contribution in [0.2, 0.25) is 0 Å². The van der Waals surface area contributed by atoms with Gasteiger partial charge < -0.3 is 10.1 Å². The molecule has 2 N–H and O–H groups in total. The molecule has 0 aromatic carbocycles. The van der Waals surface area contributed by atoms with E-state index in [-0.39, 0.29) is 11.7 Å². The molecule has 0 spiro atoms. The van der Waals surface area contributed by atoms with Crippen LogP contribution in [0.15, 0.2) is 0 Å². The maximum absolute atomic E-state index is 11.6. The molecule has 0 saturated carbocycles. The van der Waals surface area contributed by atoms with E-state index >= 15 is 0 Å². The largest absolute Gasteiger partial charge is 0.383 e. The summed E-state index contributed by atoms with van der Waals surface area (Å²) in [6.45, 7) is 6.48. The summed E-state index contributed by atoms with van der Waals surface area (Å²) in [7, 11) is -1.48. The third-order valence-electron chi connectivity index (χ3n) is 2.39. The fraction of sp³-hybridized carbons (Fsp3) is 1.00. The Bertz CT molecular complexity index is 268. The summed E-state index contributed by atoms with van der Waals surface area (Å²) in [5.74, 6) is 0.442. The molecule has 0 aliphatic carbocycles. The summed E-state index contributed by atoms with van der Waals surface area (Å²) in [5, 5.41) is 3.09. The molecule has 104 valence electrons. The van der Waals surface area contributed by atoms with E-state index in [9.17, 15) is 8.42 Å². The Kier molecular flexibility index (Phi) is 9.72. The third-order valence-corrected chi connectivity index (χ3v) is 4.04. The van der Waals surface area contributed by atoms with Crippen LogP contribution in [0.4, 0.5) is 0 Å². The molecule has 5 nitrogen and oxygen atoms in total. The number of rotatable bonds is 11. The van der Waals surface area contributed by atoms with E-state index in [2.05, 4.69) is 17.0 Å². The van der Waals surface area contributed by atoms with Gasteiger partial charge in [0.05, 0.1) is 12.4 Å². The van der Waals surface area contributed by atoms with Crippen molar-refractivity contribution in [3.63, 3.8) is 0 Å². The van der Waals surface area contributed by atoms with Crippen LogP contribution in [0.1, 0.15) is 26.7 Å². The number of nitrogens with one attached hydrogen (secondary N) is 2. The molecule has 0 heterocycles. The SMILES string of the molecule is CCCC(C)CS(=O)(=O)NCCNCCOC. The van der Waals surface area contributed by atoms with Crippen LogP contribution >= 0.6 is 0 Å². The molecule has 0 aliphatic heterocycles. The second-order valence-electron chi connectivity index (χ2n) is 4.31. The second-order valence-corrected chi connectivity index (χ2v) is 6.16. The van der Waals surface area contributed by atoms with E-state index in [0.29, 0.717) is 19.7 Å².